The van der Waals surface area contributed by atoms with Crippen LogP contribution in [0.15, 0.2) is 133 Å². The van der Waals surface area contributed by atoms with Gasteiger partial charge in [-0.15, -0.1) is 29.3 Å². The first-order chi connectivity index (χ1) is 30.6. The molecule has 62 heavy (non-hydrogen) atoms. The molecule has 2 aromatic heterocycles. The average Bonchev–Trinajstić information content (AvgIpc) is 3.67. The van der Waals surface area contributed by atoms with E-state index in [0.29, 0.717) is 28.2 Å². The summed E-state index contributed by atoms with van der Waals surface area (Å²) in [5.74, 6) is 0.810. The largest absolute Gasteiger partial charge is 0.507 e. The van der Waals surface area contributed by atoms with Crippen molar-refractivity contribution in [3.63, 3.8) is 0 Å². The molecule has 0 saturated heterocycles. The second kappa shape index (κ2) is 16.9. The number of hydrogen-bond donors (Lipinski definition) is 1. The van der Waals surface area contributed by atoms with Gasteiger partial charge < -0.3 is 5.11 Å². The van der Waals surface area contributed by atoms with Gasteiger partial charge in [0.15, 0.2) is 0 Å². The molecule has 0 aliphatic heterocycles. The number of nitrogens with zero attached hydrogens (tertiary/aromatic N) is 3. The summed E-state index contributed by atoms with van der Waals surface area (Å²) in [4.78, 5) is 10.4. The summed E-state index contributed by atoms with van der Waals surface area (Å²) in [6.07, 6.45) is 2.63. The molecule has 6 aromatic carbocycles. The zero-order valence-electron chi connectivity index (χ0n) is 41.7. The van der Waals surface area contributed by atoms with Crippen molar-refractivity contribution >= 4 is 11.0 Å². The molecule has 0 unspecified atom stereocenters. The average molecular weight is 1000 g/mol. The van der Waals surface area contributed by atoms with E-state index < -0.39 is 0 Å². The molecule has 0 amide bonds. The van der Waals surface area contributed by atoms with E-state index in [0.717, 1.165) is 67.6 Å². The second-order valence-corrected chi connectivity index (χ2v) is 19.1. The van der Waals surface area contributed by atoms with Crippen LogP contribution >= 0.6 is 0 Å². The molecule has 4 nitrogen and oxygen atoms in total. The van der Waals surface area contributed by atoms with Gasteiger partial charge in [-0.25, -0.2) is 4.98 Å². The molecule has 0 saturated carbocycles. The first kappa shape index (κ1) is 39.3. The van der Waals surface area contributed by atoms with E-state index in [9.17, 15) is 5.11 Å². The Morgan fingerprint density at radius 2 is 1.31 bits per heavy atom. The van der Waals surface area contributed by atoms with Gasteiger partial charge in [-0.3, -0.25) is 9.55 Å². The van der Waals surface area contributed by atoms with Crippen LogP contribution in [0.2, 0.25) is 0 Å². The Labute approximate surface area is 389 Å². The minimum atomic E-state index is -0.274. The van der Waals surface area contributed by atoms with Crippen LogP contribution in [0, 0.1) is 19.9 Å². The van der Waals surface area contributed by atoms with Crippen molar-refractivity contribution in [2.45, 2.75) is 98.8 Å². The maximum atomic E-state index is 12.1. The number of para-hydroxylation sites is 1. The fourth-order valence-electron chi connectivity index (χ4n) is 7.87. The SMILES string of the molecule is [2H]c1c([2H])c(-c2ccnc(-c3[c-]c(-c4cccc5c4nc(-c4cc(C(C)(C)C)cc(C)c4O)n5-c4ccc(C(C)(C)CC)cc4-c4ccccc4)cc(C(C)(C)C)c3)c2)c([2H])c([2H])c1C.[Pt]. The Balaban J connectivity index is 0.00000648. The third kappa shape index (κ3) is 8.60. The van der Waals surface area contributed by atoms with E-state index in [-0.39, 0.29) is 72.8 Å². The van der Waals surface area contributed by atoms with Gasteiger partial charge in [0.1, 0.15) is 11.6 Å². The summed E-state index contributed by atoms with van der Waals surface area (Å²) >= 11 is 0. The molecule has 318 valence electrons. The van der Waals surface area contributed by atoms with E-state index in [2.05, 4.69) is 158 Å². The number of benzene rings is 6. The number of hydrogen-bond acceptors (Lipinski definition) is 3. The summed E-state index contributed by atoms with van der Waals surface area (Å²) in [6.45, 7) is 23.4. The number of fused-ring (bicyclic) bond motifs is 1. The van der Waals surface area contributed by atoms with Crippen molar-refractivity contribution in [1.82, 2.24) is 14.5 Å². The summed E-state index contributed by atoms with van der Waals surface area (Å²) in [5.41, 5.74) is 13.0. The van der Waals surface area contributed by atoms with Gasteiger partial charge in [0, 0.05) is 38.5 Å². The number of pyridine rings is 1. The Morgan fingerprint density at radius 1 is 0.645 bits per heavy atom. The van der Waals surface area contributed by atoms with E-state index in [1.807, 2.05) is 19.1 Å². The number of phenolic OH excluding ortho intramolecular Hbond substituents is 1. The van der Waals surface area contributed by atoms with Crippen molar-refractivity contribution < 1.29 is 31.7 Å². The topological polar surface area (TPSA) is 50.9 Å². The van der Waals surface area contributed by atoms with E-state index in [4.69, 9.17) is 15.5 Å². The number of phenols is 1. The van der Waals surface area contributed by atoms with Crippen molar-refractivity contribution in [3.05, 3.63) is 167 Å². The summed E-state index contributed by atoms with van der Waals surface area (Å²) in [6, 6.07) is 38.9. The summed E-state index contributed by atoms with van der Waals surface area (Å²) in [5, 5.41) is 12.1. The number of aromatic nitrogens is 3. The minimum absolute atomic E-state index is 0. The van der Waals surface area contributed by atoms with E-state index >= 15 is 0 Å². The van der Waals surface area contributed by atoms with Gasteiger partial charge in [0.05, 0.1) is 27.8 Å². The zero-order valence-corrected chi connectivity index (χ0v) is 40.0. The van der Waals surface area contributed by atoms with Crippen molar-refractivity contribution in [2.24, 2.45) is 0 Å². The van der Waals surface area contributed by atoms with Crippen molar-refractivity contribution in [2.75, 3.05) is 0 Å². The molecule has 2 heterocycles. The number of rotatable bonds is 8. The van der Waals surface area contributed by atoms with Gasteiger partial charge in [-0.2, -0.15) is 0 Å². The monoisotopic (exact) mass is 999 g/mol. The molecule has 0 fully saturated rings. The fourth-order valence-corrected chi connectivity index (χ4v) is 7.87. The van der Waals surface area contributed by atoms with E-state index in [1.165, 1.54) is 5.56 Å². The Bertz CT molecular complexity index is 3130. The quantitative estimate of drug-likeness (QED) is 0.154. The molecule has 8 aromatic rings. The first-order valence-electron chi connectivity index (χ1n) is 23.3. The van der Waals surface area contributed by atoms with Crippen LogP contribution in [0.25, 0.3) is 72.7 Å². The third-order valence-corrected chi connectivity index (χ3v) is 12.2. The van der Waals surface area contributed by atoms with E-state index in [1.54, 1.807) is 19.2 Å². The van der Waals surface area contributed by atoms with Crippen molar-refractivity contribution in [1.29, 1.82) is 0 Å². The van der Waals surface area contributed by atoms with Gasteiger partial charge in [-0.05, 0) is 100 Å². The van der Waals surface area contributed by atoms with Crippen LogP contribution < -0.4 is 0 Å². The predicted octanol–water partition coefficient (Wildman–Crippen LogP) is 15.2. The maximum absolute atomic E-state index is 12.1. The molecule has 0 bridgehead atoms. The Morgan fingerprint density at radius 3 is 1.98 bits per heavy atom. The standard InChI is InChI=1S/C57H58N3O.Pt/c1-12-57(10,11)43-25-26-50(47(34-43)39-17-14-13-15-18-39)60-51-20-16-19-46(52(51)59-54(60)48-35-44(55(4,5)6)29-37(3)53(48)61)41-30-42(32-45(31-41)56(7,8)9)49-33-40(27-28-58-49)38-23-21-36(2)22-24-38;/h13-29,31-35,61H,12H2,1-11H3;/q-1;/i21D,22D,23D,24D;. The summed E-state index contributed by atoms with van der Waals surface area (Å²) < 4.78 is 36.9. The Kier molecular flexibility index (Phi) is 10.7. The number of aromatic hydroxyl groups is 1. The fraction of sp³-hybridized carbons (Fsp3) is 0.263. The van der Waals surface area contributed by atoms with Crippen LogP contribution in [0.4, 0.5) is 0 Å². The molecule has 8 rings (SSSR count). The molecule has 0 aliphatic carbocycles. The third-order valence-electron chi connectivity index (χ3n) is 12.2. The smallest absolute Gasteiger partial charge is 0.148 e. The van der Waals surface area contributed by atoms with Gasteiger partial charge >= 0.3 is 0 Å². The van der Waals surface area contributed by atoms with Crippen LogP contribution in [-0.4, -0.2) is 19.6 Å². The van der Waals surface area contributed by atoms with Gasteiger partial charge in [-0.1, -0.05) is 164 Å². The van der Waals surface area contributed by atoms with Gasteiger partial charge in [0.2, 0.25) is 0 Å². The normalized spacial score (nSPS) is 13.0. The van der Waals surface area contributed by atoms with Crippen LogP contribution in [0.3, 0.4) is 0 Å². The first-order valence-corrected chi connectivity index (χ1v) is 21.3. The second-order valence-electron chi connectivity index (χ2n) is 19.1. The van der Waals surface area contributed by atoms with Crippen molar-refractivity contribution in [3.8, 4) is 67.5 Å². The molecular formula is C57H58N3OPt-. The van der Waals surface area contributed by atoms with Crippen LogP contribution in [0.1, 0.15) is 102 Å². The molecule has 0 radical (unpaired) electrons. The molecule has 0 spiro atoms. The number of aryl methyl sites for hydroxylation is 1. The molecule has 0 aliphatic rings. The molecule has 1 N–H and O–H groups in total. The number of imidazole rings is 1. The zero-order chi connectivity index (χ0) is 46.9. The minimum Gasteiger partial charge on any atom is -0.507 e. The van der Waals surface area contributed by atoms with Crippen LogP contribution in [0.5, 0.6) is 5.75 Å². The predicted molar refractivity (Wildman–Crippen MR) is 257 cm³/mol. The summed E-state index contributed by atoms with van der Waals surface area (Å²) in [7, 11) is 0. The molecule has 0 atom stereocenters. The Hall–Kier alpha value is -5.57. The van der Waals surface area contributed by atoms with Gasteiger partial charge in [0.25, 0.3) is 0 Å². The molecular weight excluding hydrogens is 938 g/mol. The molecule has 5 heteroatoms. The van der Waals surface area contributed by atoms with Crippen LogP contribution in [-0.2, 0) is 37.3 Å². The maximum Gasteiger partial charge on any atom is 0.148 e.